The first-order chi connectivity index (χ1) is 7.73. The number of hydrogen-bond acceptors (Lipinski definition) is 2. The second-order valence-corrected chi connectivity index (χ2v) is 4.90. The molecule has 2 aromatic rings. The number of pyridine rings is 1. The Morgan fingerprint density at radius 1 is 1.31 bits per heavy atom. The van der Waals surface area contributed by atoms with E-state index >= 15 is 0 Å². The Balaban J connectivity index is 2.15. The zero-order valence-electron chi connectivity index (χ0n) is 9.53. The third-order valence-corrected chi connectivity index (χ3v) is 3.67. The summed E-state index contributed by atoms with van der Waals surface area (Å²) < 4.78 is 0. The fourth-order valence-corrected chi connectivity index (χ4v) is 2.33. The first kappa shape index (κ1) is 9.79. The number of aromatic nitrogens is 1. The van der Waals surface area contributed by atoms with Crippen LogP contribution in [0.2, 0.25) is 0 Å². The molecule has 0 atom stereocenters. The van der Waals surface area contributed by atoms with Gasteiger partial charge in [0.1, 0.15) is 0 Å². The predicted molar refractivity (Wildman–Crippen MR) is 66.4 cm³/mol. The second-order valence-electron chi connectivity index (χ2n) is 4.90. The Morgan fingerprint density at radius 3 is 2.81 bits per heavy atom. The maximum absolute atomic E-state index is 5.86. The van der Waals surface area contributed by atoms with E-state index in [9.17, 15) is 0 Å². The summed E-state index contributed by atoms with van der Waals surface area (Å²) in [5, 5.41) is 1.23. The molecule has 2 N–H and O–H groups in total. The Hall–Kier alpha value is -1.41. The Morgan fingerprint density at radius 2 is 2.12 bits per heavy atom. The molecule has 82 valence electrons. The fraction of sp³-hybridized carbons (Fsp3) is 0.357. The van der Waals surface area contributed by atoms with Crippen LogP contribution in [0.5, 0.6) is 0 Å². The molecule has 1 saturated carbocycles. The van der Waals surface area contributed by atoms with Crippen LogP contribution in [0.4, 0.5) is 0 Å². The third-order valence-electron chi connectivity index (χ3n) is 3.67. The molecule has 2 nitrogen and oxygen atoms in total. The summed E-state index contributed by atoms with van der Waals surface area (Å²) in [7, 11) is 0. The van der Waals surface area contributed by atoms with Gasteiger partial charge in [-0.1, -0.05) is 6.07 Å². The average Bonchev–Trinajstić information content (AvgIpc) is 3.09. The van der Waals surface area contributed by atoms with E-state index in [-0.39, 0.29) is 5.41 Å². The number of aryl methyl sites for hydroxylation is 1. The van der Waals surface area contributed by atoms with Crippen molar-refractivity contribution in [3.8, 4) is 0 Å². The third kappa shape index (κ3) is 1.41. The lowest BCUT2D eigenvalue weighted by atomic mass is 9.94. The van der Waals surface area contributed by atoms with Crippen LogP contribution in [0.1, 0.15) is 24.0 Å². The molecule has 1 aromatic heterocycles. The highest BCUT2D eigenvalue weighted by molar-refractivity contribution is 5.80. The molecule has 1 aromatic carbocycles. The van der Waals surface area contributed by atoms with Crippen molar-refractivity contribution in [3.63, 3.8) is 0 Å². The van der Waals surface area contributed by atoms with Crippen molar-refractivity contribution in [2.75, 3.05) is 6.54 Å². The molecule has 0 radical (unpaired) electrons. The van der Waals surface area contributed by atoms with Crippen LogP contribution in [0.3, 0.4) is 0 Å². The normalized spacial score (nSPS) is 17.6. The molecule has 1 fully saturated rings. The van der Waals surface area contributed by atoms with Gasteiger partial charge in [-0.2, -0.15) is 0 Å². The van der Waals surface area contributed by atoms with Gasteiger partial charge in [-0.05, 0) is 49.1 Å². The van der Waals surface area contributed by atoms with E-state index in [1.807, 2.05) is 6.20 Å². The summed E-state index contributed by atoms with van der Waals surface area (Å²) in [6.07, 6.45) is 4.38. The molecule has 3 rings (SSSR count). The summed E-state index contributed by atoms with van der Waals surface area (Å²) in [6.45, 7) is 2.84. The number of nitrogens with zero attached hydrogens (tertiary/aromatic N) is 1. The first-order valence-electron chi connectivity index (χ1n) is 5.80. The SMILES string of the molecule is Cc1cnc2ccc(C3(CN)CC3)cc2c1. The van der Waals surface area contributed by atoms with E-state index in [2.05, 4.69) is 36.2 Å². The lowest BCUT2D eigenvalue weighted by Gasteiger charge is -2.13. The molecule has 0 unspecified atom stereocenters. The minimum Gasteiger partial charge on any atom is -0.330 e. The molecule has 1 aliphatic rings. The van der Waals surface area contributed by atoms with Crippen LogP contribution in [0, 0.1) is 6.92 Å². The van der Waals surface area contributed by atoms with Crippen LogP contribution in [0.25, 0.3) is 10.9 Å². The maximum Gasteiger partial charge on any atom is 0.0702 e. The van der Waals surface area contributed by atoms with Gasteiger partial charge in [0, 0.05) is 23.5 Å². The summed E-state index contributed by atoms with van der Waals surface area (Å²) in [5.74, 6) is 0. The van der Waals surface area contributed by atoms with Gasteiger partial charge in [-0.3, -0.25) is 4.98 Å². The quantitative estimate of drug-likeness (QED) is 0.830. The highest BCUT2D eigenvalue weighted by Crippen LogP contribution is 2.47. The minimum absolute atomic E-state index is 0.276. The van der Waals surface area contributed by atoms with Crippen molar-refractivity contribution in [2.45, 2.75) is 25.2 Å². The molecule has 0 saturated heterocycles. The molecule has 1 heterocycles. The molecular weight excluding hydrogens is 196 g/mol. The van der Waals surface area contributed by atoms with Gasteiger partial charge < -0.3 is 5.73 Å². The Bertz CT molecular complexity index is 541. The van der Waals surface area contributed by atoms with Gasteiger partial charge in [-0.15, -0.1) is 0 Å². The van der Waals surface area contributed by atoms with Gasteiger partial charge in [0.25, 0.3) is 0 Å². The molecule has 16 heavy (non-hydrogen) atoms. The zero-order chi connectivity index (χ0) is 11.2. The van der Waals surface area contributed by atoms with Gasteiger partial charge in [0.15, 0.2) is 0 Å². The van der Waals surface area contributed by atoms with E-state index in [0.717, 1.165) is 12.1 Å². The molecule has 0 amide bonds. The van der Waals surface area contributed by atoms with Crippen LogP contribution >= 0.6 is 0 Å². The van der Waals surface area contributed by atoms with Crippen LogP contribution in [0.15, 0.2) is 30.5 Å². The van der Waals surface area contributed by atoms with Crippen LogP contribution in [-0.2, 0) is 5.41 Å². The first-order valence-corrected chi connectivity index (χ1v) is 5.80. The molecule has 0 aliphatic heterocycles. The van der Waals surface area contributed by atoms with Crippen molar-refractivity contribution in [1.29, 1.82) is 0 Å². The van der Waals surface area contributed by atoms with Crippen molar-refractivity contribution >= 4 is 10.9 Å². The lowest BCUT2D eigenvalue weighted by molar-refractivity contribution is 0.706. The van der Waals surface area contributed by atoms with E-state index < -0.39 is 0 Å². The van der Waals surface area contributed by atoms with E-state index in [1.165, 1.54) is 29.4 Å². The highest BCUT2D eigenvalue weighted by atomic mass is 14.7. The molecular formula is C14H16N2. The van der Waals surface area contributed by atoms with Gasteiger partial charge in [0.05, 0.1) is 5.52 Å². The number of hydrogen-bond donors (Lipinski definition) is 1. The Kier molecular flexibility index (Phi) is 2.01. The maximum atomic E-state index is 5.86. The molecule has 0 spiro atoms. The monoisotopic (exact) mass is 212 g/mol. The number of rotatable bonds is 2. The predicted octanol–water partition coefficient (Wildman–Crippen LogP) is 2.53. The minimum atomic E-state index is 0.276. The average molecular weight is 212 g/mol. The van der Waals surface area contributed by atoms with E-state index in [0.29, 0.717) is 0 Å². The smallest absolute Gasteiger partial charge is 0.0702 e. The molecule has 1 aliphatic carbocycles. The summed E-state index contributed by atoms with van der Waals surface area (Å²) in [4.78, 5) is 4.42. The molecule has 2 heteroatoms. The van der Waals surface area contributed by atoms with Crippen molar-refractivity contribution in [1.82, 2.24) is 4.98 Å². The standard InChI is InChI=1S/C14H16N2/c1-10-6-11-7-12(14(9-15)4-5-14)2-3-13(11)16-8-10/h2-3,6-8H,4-5,9,15H2,1H3. The molecule has 0 bridgehead atoms. The summed E-state index contributed by atoms with van der Waals surface area (Å²) in [5.41, 5.74) is 9.80. The van der Waals surface area contributed by atoms with E-state index in [4.69, 9.17) is 5.73 Å². The van der Waals surface area contributed by atoms with Gasteiger partial charge in [-0.25, -0.2) is 0 Å². The zero-order valence-corrected chi connectivity index (χ0v) is 9.53. The topological polar surface area (TPSA) is 38.9 Å². The number of benzene rings is 1. The number of nitrogens with two attached hydrogens (primary N) is 1. The lowest BCUT2D eigenvalue weighted by Crippen LogP contribution is -2.19. The Labute approximate surface area is 95.5 Å². The largest absolute Gasteiger partial charge is 0.330 e. The summed E-state index contributed by atoms with van der Waals surface area (Å²) >= 11 is 0. The van der Waals surface area contributed by atoms with E-state index in [1.54, 1.807) is 0 Å². The van der Waals surface area contributed by atoms with Crippen LogP contribution in [-0.4, -0.2) is 11.5 Å². The fourth-order valence-electron chi connectivity index (χ4n) is 2.33. The van der Waals surface area contributed by atoms with Crippen LogP contribution < -0.4 is 5.73 Å². The van der Waals surface area contributed by atoms with Crippen molar-refractivity contribution in [3.05, 3.63) is 41.6 Å². The number of fused-ring (bicyclic) bond motifs is 1. The van der Waals surface area contributed by atoms with Gasteiger partial charge >= 0.3 is 0 Å². The highest BCUT2D eigenvalue weighted by Gasteiger charge is 2.42. The van der Waals surface area contributed by atoms with Crippen molar-refractivity contribution < 1.29 is 0 Å². The summed E-state index contributed by atoms with van der Waals surface area (Å²) in [6, 6.07) is 8.75. The van der Waals surface area contributed by atoms with Gasteiger partial charge in [0.2, 0.25) is 0 Å². The van der Waals surface area contributed by atoms with Crippen molar-refractivity contribution in [2.24, 2.45) is 5.73 Å². The second kappa shape index (κ2) is 3.29.